The van der Waals surface area contributed by atoms with Gasteiger partial charge in [-0.1, -0.05) is 13.0 Å². The summed E-state index contributed by atoms with van der Waals surface area (Å²) in [6.07, 6.45) is 2.72. The Hall–Kier alpha value is -2.27. The number of rotatable bonds is 5. The molecule has 21 heavy (non-hydrogen) atoms. The van der Waals surface area contributed by atoms with E-state index in [2.05, 4.69) is 17.2 Å². The van der Waals surface area contributed by atoms with E-state index in [0.717, 1.165) is 29.9 Å². The summed E-state index contributed by atoms with van der Waals surface area (Å²) in [7, 11) is 0. The van der Waals surface area contributed by atoms with Crippen molar-refractivity contribution in [3.05, 3.63) is 58.0 Å². The van der Waals surface area contributed by atoms with Crippen LogP contribution in [0.4, 0.5) is 0 Å². The number of hydrogen-bond acceptors (Lipinski definition) is 4. The summed E-state index contributed by atoms with van der Waals surface area (Å²) in [6, 6.07) is 7.61. The van der Waals surface area contributed by atoms with E-state index >= 15 is 0 Å². The van der Waals surface area contributed by atoms with Crippen molar-refractivity contribution < 1.29 is 8.83 Å². The van der Waals surface area contributed by atoms with Crippen molar-refractivity contribution in [3.8, 4) is 0 Å². The van der Waals surface area contributed by atoms with Crippen LogP contribution >= 0.6 is 0 Å². The Morgan fingerprint density at radius 3 is 2.90 bits per heavy atom. The molecular formula is C16H18N2O3. The van der Waals surface area contributed by atoms with E-state index in [1.807, 2.05) is 31.2 Å². The van der Waals surface area contributed by atoms with E-state index in [9.17, 15) is 4.79 Å². The first-order valence-electron chi connectivity index (χ1n) is 7.09. The fraction of sp³-hybridized carbons (Fsp3) is 0.312. The van der Waals surface area contributed by atoms with Crippen molar-refractivity contribution in [2.45, 2.75) is 26.3 Å². The van der Waals surface area contributed by atoms with Crippen LogP contribution < -0.4 is 11.1 Å². The molecule has 0 aliphatic carbocycles. The van der Waals surface area contributed by atoms with Crippen molar-refractivity contribution in [1.29, 1.82) is 0 Å². The molecule has 110 valence electrons. The van der Waals surface area contributed by atoms with Gasteiger partial charge in [-0.2, -0.15) is 0 Å². The zero-order valence-corrected chi connectivity index (χ0v) is 12.1. The first-order valence-corrected chi connectivity index (χ1v) is 7.09. The SMILES string of the molecule is CCCNC(c1ccc2[nH]c(=O)oc2c1)c1occc1C. The lowest BCUT2D eigenvalue weighted by Gasteiger charge is -2.17. The Bertz CT molecular complexity index is 797. The zero-order valence-electron chi connectivity index (χ0n) is 12.1. The van der Waals surface area contributed by atoms with E-state index in [1.54, 1.807) is 6.26 Å². The van der Waals surface area contributed by atoms with Gasteiger partial charge in [0, 0.05) is 0 Å². The molecule has 2 aromatic heterocycles. The average Bonchev–Trinajstić information content (AvgIpc) is 3.04. The highest BCUT2D eigenvalue weighted by molar-refractivity contribution is 5.73. The lowest BCUT2D eigenvalue weighted by Crippen LogP contribution is -2.23. The second kappa shape index (κ2) is 5.61. The Morgan fingerprint density at radius 2 is 2.19 bits per heavy atom. The number of aryl methyl sites for hydroxylation is 1. The normalized spacial score (nSPS) is 12.9. The first kappa shape index (κ1) is 13.7. The highest BCUT2D eigenvalue weighted by atomic mass is 16.4. The summed E-state index contributed by atoms with van der Waals surface area (Å²) in [6.45, 7) is 5.02. The van der Waals surface area contributed by atoms with Crippen LogP contribution in [-0.2, 0) is 0 Å². The summed E-state index contributed by atoms with van der Waals surface area (Å²) in [5.41, 5.74) is 3.37. The van der Waals surface area contributed by atoms with Crippen molar-refractivity contribution in [2.24, 2.45) is 0 Å². The molecule has 1 aromatic carbocycles. The summed E-state index contributed by atoms with van der Waals surface area (Å²) in [4.78, 5) is 13.9. The number of aromatic nitrogens is 1. The van der Waals surface area contributed by atoms with Crippen molar-refractivity contribution in [2.75, 3.05) is 6.54 Å². The highest BCUT2D eigenvalue weighted by Crippen LogP contribution is 2.27. The van der Waals surface area contributed by atoms with Gasteiger partial charge in [0.15, 0.2) is 5.58 Å². The van der Waals surface area contributed by atoms with Gasteiger partial charge in [-0.05, 0) is 49.2 Å². The Balaban J connectivity index is 2.04. The van der Waals surface area contributed by atoms with Gasteiger partial charge in [0.25, 0.3) is 0 Å². The topological polar surface area (TPSA) is 71.2 Å². The Kier molecular flexibility index (Phi) is 3.66. The predicted octanol–water partition coefficient (Wildman–Crippen LogP) is 3.11. The summed E-state index contributed by atoms with van der Waals surface area (Å²) in [5.74, 6) is 0.454. The number of furan rings is 1. The van der Waals surface area contributed by atoms with Gasteiger partial charge < -0.3 is 14.2 Å². The van der Waals surface area contributed by atoms with Gasteiger partial charge >= 0.3 is 5.76 Å². The maximum Gasteiger partial charge on any atom is 0.417 e. The second-order valence-electron chi connectivity index (χ2n) is 5.13. The molecule has 0 radical (unpaired) electrons. The number of nitrogens with one attached hydrogen (secondary N) is 2. The minimum atomic E-state index is -0.436. The van der Waals surface area contributed by atoms with Crippen LogP contribution in [0.1, 0.15) is 36.3 Å². The summed E-state index contributed by atoms with van der Waals surface area (Å²) in [5, 5.41) is 3.48. The van der Waals surface area contributed by atoms with Crippen LogP contribution in [0.15, 0.2) is 44.2 Å². The van der Waals surface area contributed by atoms with E-state index in [4.69, 9.17) is 8.83 Å². The van der Waals surface area contributed by atoms with Crippen LogP contribution in [0, 0.1) is 6.92 Å². The molecule has 0 spiro atoms. The van der Waals surface area contributed by atoms with E-state index in [-0.39, 0.29) is 6.04 Å². The van der Waals surface area contributed by atoms with Crippen molar-refractivity contribution >= 4 is 11.1 Å². The van der Waals surface area contributed by atoms with Gasteiger partial charge in [0.2, 0.25) is 0 Å². The number of benzene rings is 1. The van der Waals surface area contributed by atoms with E-state index < -0.39 is 5.76 Å². The number of aromatic amines is 1. The highest BCUT2D eigenvalue weighted by Gasteiger charge is 2.19. The molecule has 0 saturated heterocycles. The minimum Gasteiger partial charge on any atom is -0.467 e. The molecule has 0 saturated carbocycles. The lowest BCUT2D eigenvalue weighted by molar-refractivity contribution is 0.443. The van der Waals surface area contributed by atoms with Crippen LogP contribution in [0.2, 0.25) is 0 Å². The third kappa shape index (κ3) is 2.64. The van der Waals surface area contributed by atoms with E-state index in [0.29, 0.717) is 11.1 Å². The monoisotopic (exact) mass is 286 g/mol. The fourth-order valence-corrected chi connectivity index (χ4v) is 2.47. The molecule has 0 aliphatic rings. The molecule has 2 N–H and O–H groups in total. The van der Waals surface area contributed by atoms with Gasteiger partial charge in [0.1, 0.15) is 5.76 Å². The standard InChI is InChI=1S/C16H18N2O3/c1-3-7-17-14(15-10(2)6-8-20-15)11-4-5-12-13(9-11)21-16(19)18-12/h4-6,8-9,14,17H,3,7H2,1-2H3,(H,18,19). The molecule has 2 heterocycles. The van der Waals surface area contributed by atoms with Crippen LogP contribution in [0.5, 0.6) is 0 Å². The van der Waals surface area contributed by atoms with Crippen molar-refractivity contribution in [3.63, 3.8) is 0 Å². The maximum atomic E-state index is 11.3. The summed E-state index contributed by atoms with van der Waals surface area (Å²) < 4.78 is 10.8. The van der Waals surface area contributed by atoms with Crippen LogP contribution in [0.25, 0.3) is 11.1 Å². The third-order valence-electron chi connectivity index (χ3n) is 3.54. The second-order valence-corrected chi connectivity index (χ2v) is 5.13. The predicted molar refractivity (Wildman–Crippen MR) is 80.4 cm³/mol. The molecular weight excluding hydrogens is 268 g/mol. The van der Waals surface area contributed by atoms with Gasteiger partial charge in [0.05, 0.1) is 17.8 Å². The number of H-pyrrole nitrogens is 1. The quantitative estimate of drug-likeness (QED) is 0.756. The fourth-order valence-electron chi connectivity index (χ4n) is 2.47. The smallest absolute Gasteiger partial charge is 0.417 e. The molecule has 1 unspecified atom stereocenters. The maximum absolute atomic E-state index is 11.3. The number of oxazole rings is 1. The minimum absolute atomic E-state index is 0.0513. The van der Waals surface area contributed by atoms with E-state index in [1.165, 1.54) is 0 Å². The molecule has 0 fully saturated rings. The number of hydrogen-bond donors (Lipinski definition) is 2. The van der Waals surface area contributed by atoms with Gasteiger partial charge in [-0.25, -0.2) is 4.79 Å². The summed E-state index contributed by atoms with van der Waals surface area (Å²) >= 11 is 0. The molecule has 0 aliphatic heterocycles. The lowest BCUT2D eigenvalue weighted by atomic mass is 10.0. The molecule has 3 rings (SSSR count). The molecule has 0 amide bonds. The molecule has 0 bridgehead atoms. The molecule has 5 heteroatoms. The zero-order chi connectivity index (χ0) is 14.8. The first-order chi connectivity index (χ1) is 10.2. The molecule has 3 aromatic rings. The largest absolute Gasteiger partial charge is 0.467 e. The van der Waals surface area contributed by atoms with Crippen LogP contribution in [-0.4, -0.2) is 11.5 Å². The molecule has 5 nitrogen and oxygen atoms in total. The molecule has 1 atom stereocenters. The van der Waals surface area contributed by atoms with Gasteiger partial charge in [-0.3, -0.25) is 4.98 Å². The third-order valence-corrected chi connectivity index (χ3v) is 3.54. The Labute approximate surface area is 122 Å². The number of fused-ring (bicyclic) bond motifs is 1. The van der Waals surface area contributed by atoms with Gasteiger partial charge in [-0.15, -0.1) is 0 Å². The Morgan fingerprint density at radius 1 is 1.33 bits per heavy atom. The van der Waals surface area contributed by atoms with Crippen molar-refractivity contribution in [1.82, 2.24) is 10.3 Å². The van der Waals surface area contributed by atoms with Crippen LogP contribution in [0.3, 0.4) is 0 Å². The average molecular weight is 286 g/mol.